The molecule has 16 heavy (non-hydrogen) atoms. The fourth-order valence-corrected chi connectivity index (χ4v) is 2.04. The van der Waals surface area contributed by atoms with E-state index >= 15 is 0 Å². The topological polar surface area (TPSA) is 0 Å². The molecule has 0 aromatic heterocycles. The van der Waals surface area contributed by atoms with Gasteiger partial charge in [-0.3, -0.25) is 0 Å². The summed E-state index contributed by atoms with van der Waals surface area (Å²) in [6.45, 7) is 7.14. The first-order chi connectivity index (χ1) is 7.19. The molecule has 0 amide bonds. The highest BCUT2D eigenvalue weighted by atomic mass is 19.4. The van der Waals surface area contributed by atoms with E-state index in [2.05, 4.69) is 6.92 Å². The van der Waals surface area contributed by atoms with Crippen LogP contribution in [0.25, 0.3) is 0 Å². The van der Waals surface area contributed by atoms with Gasteiger partial charge in [0, 0.05) is 0 Å². The Bertz CT molecular complexity index is 163. The molecule has 0 aromatic carbocycles. The van der Waals surface area contributed by atoms with Crippen molar-refractivity contribution in [1.29, 1.82) is 0 Å². The van der Waals surface area contributed by atoms with Crippen molar-refractivity contribution in [2.75, 3.05) is 0 Å². The summed E-state index contributed by atoms with van der Waals surface area (Å²) in [6.07, 6.45) is 1.16. The van der Waals surface area contributed by atoms with E-state index in [-0.39, 0.29) is 6.42 Å². The third kappa shape index (κ3) is 6.39. The predicted molar refractivity (Wildman–Crippen MR) is 62.4 cm³/mol. The highest BCUT2D eigenvalue weighted by molar-refractivity contribution is 4.79. The summed E-state index contributed by atoms with van der Waals surface area (Å²) < 4.78 is 38.4. The van der Waals surface area contributed by atoms with E-state index in [1.807, 2.05) is 0 Å². The van der Waals surface area contributed by atoms with Crippen molar-refractivity contribution >= 4 is 0 Å². The summed E-state index contributed by atoms with van der Waals surface area (Å²) in [5.74, 6) is -1.17. The highest BCUT2D eigenvalue weighted by Gasteiger charge is 2.45. The fraction of sp³-hybridized carbons (Fsp3) is 1.00. The lowest BCUT2D eigenvalue weighted by atomic mass is 9.77. The standard InChI is InChI=1S/C13H25F3/c1-5-6-7-8-9-10-11(12(2,3)4)13(14,15)16/h11H,5-10H2,1-4H3. The maximum Gasteiger partial charge on any atom is 0.392 e. The molecule has 0 rings (SSSR count). The largest absolute Gasteiger partial charge is 0.392 e. The molecule has 0 radical (unpaired) electrons. The van der Waals surface area contributed by atoms with Crippen LogP contribution in [0.2, 0.25) is 0 Å². The zero-order chi connectivity index (χ0) is 12.8. The van der Waals surface area contributed by atoms with E-state index in [1.165, 1.54) is 0 Å². The zero-order valence-corrected chi connectivity index (χ0v) is 11.0. The second kappa shape index (κ2) is 6.51. The van der Waals surface area contributed by atoms with Gasteiger partial charge in [-0.15, -0.1) is 0 Å². The minimum atomic E-state index is -4.05. The molecule has 0 bridgehead atoms. The van der Waals surface area contributed by atoms with E-state index in [9.17, 15) is 13.2 Å². The highest BCUT2D eigenvalue weighted by Crippen LogP contribution is 2.42. The summed E-state index contributed by atoms with van der Waals surface area (Å²) in [6, 6.07) is 0. The van der Waals surface area contributed by atoms with Crippen LogP contribution in [0.1, 0.15) is 66.2 Å². The summed E-state index contributed by atoms with van der Waals surface area (Å²) in [5, 5.41) is 0. The van der Waals surface area contributed by atoms with Crippen LogP contribution in [0.15, 0.2) is 0 Å². The quantitative estimate of drug-likeness (QED) is 0.530. The Morgan fingerprint density at radius 3 is 1.75 bits per heavy atom. The van der Waals surface area contributed by atoms with Crippen molar-refractivity contribution in [3.63, 3.8) is 0 Å². The lowest BCUT2D eigenvalue weighted by molar-refractivity contribution is -0.202. The molecule has 0 N–H and O–H groups in total. The van der Waals surface area contributed by atoms with Crippen LogP contribution in [0.5, 0.6) is 0 Å². The number of hydrogen-bond acceptors (Lipinski definition) is 0. The van der Waals surface area contributed by atoms with Gasteiger partial charge in [-0.05, 0) is 11.8 Å². The van der Waals surface area contributed by atoms with Crippen LogP contribution in [-0.2, 0) is 0 Å². The molecular formula is C13H25F3. The molecule has 98 valence electrons. The monoisotopic (exact) mass is 238 g/mol. The second-order valence-corrected chi connectivity index (χ2v) is 5.66. The van der Waals surface area contributed by atoms with Crippen LogP contribution >= 0.6 is 0 Å². The van der Waals surface area contributed by atoms with E-state index in [1.54, 1.807) is 20.8 Å². The van der Waals surface area contributed by atoms with E-state index in [0.29, 0.717) is 6.42 Å². The van der Waals surface area contributed by atoms with Crippen LogP contribution in [0, 0.1) is 11.3 Å². The lowest BCUT2D eigenvalue weighted by Crippen LogP contribution is -2.34. The molecule has 0 fully saturated rings. The summed E-state index contributed by atoms with van der Waals surface area (Å²) in [7, 11) is 0. The number of halogens is 3. The lowest BCUT2D eigenvalue weighted by Gasteiger charge is -2.32. The van der Waals surface area contributed by atoms with Gasteiger partial charge in [-0.1, -0.05) is 59.8 Å². The van der Waals surface area contributed by atoms with Crippen LogP contribution in [0.4, 0.5) is 13.2 Å². The SMILES string of the molecule is CCCCCCCC(C(C)(C)C)C(F)(F)F. The van der Waals surface area contributed by atoms with Gasteiger partial charge in [0.25, 0.3) is 0 Å². The summed E-state index contributed by atoms with van der Waals surface area (Å²) in [5.41, 5.74) is -0.678. The Morgan fingerprint density at radius 1 is 0.875 bits per heavy atom. The number of unbranched alkanes of at least 4 members (excludes halogenated alkanes) is 4. The predicted octanol–water partition coefficient (Wildman–Crippen LogP) is 5.57. The average molecular weight is 238 g/mol. The first-order valence-electron chi connectivity index (χ1n) is 6.26. The summed E-state index contributed by atoms with van der Waals surface area (Å²) >= 11 is 0. The van der Waals surface area contributed by atoms with Gasteiger partial charge in [0.2, 0.25) is 0 Å². The number of alkyl halides is 3. The molecule has 3 heteroatoms. The van der Waals surface area contributed by atoms with Crippen molar-refractivity contribution in [3.05, 3.63) is 0 Å². The smallest absolute Gasteiger partial charge is 0.171 e. The van der Waals surface area contributed by atoms with Crippen molar-refractivity contribution in [2.45, 2.75) is 72.4 Å². The first-order valence-corrected chi connectivity index (χ1v) is 6.26. The van der Waals surface area contributed by atoms with Crippen molar-refractivity contribution in [2.24, 2.45) is 11.3 Å². The normalized spacial score (nSPS) is 15.2. The third-order valence-electron chi connectivity index (χ3n) is 3.04. The van der Waals surface area contributed by atoms with Crippen LogP contribution in [-0.4, -0.2) is 6.18 Å². The van der Waals surface area contributed by atoms with Gasteiger partial charge >= 0.3 is 6.18 Å². The molecular weight excluding hydrogens is 213 g/mol. The molecule has 0 aliphatic rings. The van der Waals surface area contributed by atoms with Crippen LogP contribution in [0.3, 0.4) is 0 Å². The zero-order valence-electron chi connectivity index (χ0n) is 11.0. The van der Waals surface area contributed by atoms with Gasteiger partial charge in [0.15, 0.2) is 0 Å². The number of rotatable bonds is 6. The molecule has 1 unspecified atom stereocenters. The van der Waals surface area contributed by atoms with E-state index < -0.39 is 17.5 Å². The van der Waals surface area contributed by atoms with Gasteiger partial charge < -0.3 is 0 Å². The van der Waals surface area contributed by atoms with Gasteiger partial charge in [0.05, 0.1) is 5.92 Å². The average Bonchev–Trinajstić information content (AvgIpc) is 2.06. The fourth-order valence-electron chi connectivity index (χ4n) is 2.04. The van der Waals surface area contributed by atoms with Crippen molar-refractivity contribution in [3.8, 4) is 0 Å². The van der Waals surface area contributed by atoms with Crippen molar-refractivity contribution in [1.82, 2.24) is 0 Å². The second-order valence-electron chi connectivity index (χ2n) is 5.66. The Morgan fingerprint density at radius 2 is 1.38 bits per heavy atom. The molecule has 0 aromatic rings. The van der Waals surface area contributed by atoms with Gasteiger partial charge in [-0.25, -0.2) is 0 Å². The molecule has 1 atom stereocenters. The molecule has 0 saturated carbocycles. The molecule has 0 heterocycles. The van der Waals surface area contributed by atoms with E-state index in [0.717, 1.165) is 25.7 Å². The van der Waals surface area contributed by atoms with Crippen LogP contribution < -0.4 is 0 Å². The number of hydrogen-bond donors (Lipinski definition) is 0. The molecule has 0 aliphatic carbocycles. The maximum atomic E-state index is 12.8. The minimum absolute atomic E-state index is 0.275. The Kier molecular flexibility index (Phi) is 6.42. The summed E-state index contributed by atoms with van der Waals surface area (Å²) in [4.78, 5) is 0. The molecule has 0 spiro atoms. The van der Waals surface area contributed by atoms with Crippen molar-refractivity contribution < 1.29 is 13.2 Å². The Balaban J connectivity index is 4.06. The van der Waals surface area contributed by atoms with E-state index in [4.69, 9.17) is 0 Å². The molecule has 0 aliphatic heterocycles. The van der Waals surface area contributed by atoms with Gasteiger partial charge in [-0.2, -0.15) is 13.2 Å². The third-order valence-corrected chi connectivity index (χ3v) is 3.04. The first kappa shape index (κ1) is 15.8. The molecule has 0 saturated heterocycles. The Hall–Kier alpha value is -0.210. The van der Waals surface area contributed by atoms with Gasteiger partial charge in [0.1, 0.15) is 0 Å². The minimum Gasteiger partial charge on any atom is -0.171 e. The Labute approximate surface area is 97.6 Å². The molecule has 0 nitrogen and oxygen atoms in total. The maximum absolute atomic E-state index is 12.8.